The summed E-state index contributed by atoms with van der Waals surface area (Å²) < 4.78 is 0. The van der Waals surface area contributed by atoms with E-state index in [9.17, 15) is 0 Å². The molecular weight excluding hydrogens is 323 g/mol. The zero-order valence-electron chi connectivity index (χ0n) is 10.8. The van der Waals surface area contributed by atoms with Gasteiger partial charge in [-0.25, -0.2) is 9.97 Å². The molecule has 0 aliphatic carbocycles. The lowest BCUT2D eigenvalue weighted by Crippen LogP contribution is -1.87. The maximum atomic E-state index is 5.88. The Morgan fingerprint density at radius 2 is 1.19 bits per heavy atom. The fraction of sp³-hybridized carbons (Fsp3) is 0. The molecule has 1 heterocycles. The summed E-state index contributed by atoms with van der Waals surface area (Å²) in [5.41, 5.74) is 2.01. The van der Waals surface area contributed by atoms with E-state index in [0.717, 1.165) is 26.1 Å². The van der Waals surface area contributed by atoms with Crippen LogP contribution in [0.4, 0.5) is 0 Å². The Morgan fingerprint density at radius 3 is 1.76 bits per heavy atom. The van der Waals surface area contributed by atoms with Gasteiger partial charge in [0.05, 0.1) is 0 Å². The van der Waals surface area contributed by atoms with Crippen LogP contribution in [0, 0.1) is 0 Å². The summed E-state index contributed by atoms with van der Waals surface area (Å²) in [5, 5.41) is 2.14. The van der Waals surface area contributed by atoms with Crippen molar-refractivity contribution in [3.05, 3.63) is 71.0 Å². The molecule has 0 amide bonds. The molecule has 3 rings (SSSR count). The van der Waals surface area contributed by atoms with Crippen LogP contribution >= 0.6 is 35.0 Å². The molecule has 0 saturated heterocycles. The van der Waals surface area contributed by atoms with Crippen LogP contribution in [0.5, 0.6) is 0 Å². The quantitative estimate of drug-likeness (QED) is 0.583. The Bertz CT molecular complexity index is 726. The molecule has 21 heavy (non-hydrogen) atoms. The van der Waals surface area contributed by atoms with Gasteiger partial charge < -0.3 is 0 Å². The average Bonchev–Trinajstić information content (AvgIpc) is 2.51. The Labute approximate surface area is 137 Å². The highest BCUT2D eigenvalue weighted by Crippen LogP contribution is 2.27. The van der Waals surface area contributed by atoms with Gasteiger partial charge in [-0.2, -0.15) is 0 Å². The van der Waals surface area contributed by atoms with Gasteiger partial charge in [-0.3, -0.25) is 0 Å². The van der Waals surface area contributed by atoms with E-state index in [1.165, 1.54) is 11.8 Å². The number of hydrogen-bond donors (Lipinski definition) is 0. The first-order chi connectivity index (χ1) is 10.2. The number of nitrogens with zero attached hydrogens (tertiary/aromatic N) is 2. The monoisotopic (exact) mass is 332 g/mol. The molecule has 0 saturated carbocycles. The highest BCUT2D eigenvalue weighted by Gasteiger charge is 2.03. The van der Waals surface area contributed by atoms with Gasteiger partial charge in [-0.05, 0) is 53.7 Å². The zero-order valence-corrected chi connectivity index (χ0v) is 13.2. The van der Waals surface area contributed by atoms with Crippen LogP contribution < -0.4 is 0 Å². The summed E-state index contributed by atoms with van der Waals surface area (Å²) in [6, 6.07) is 15.2. The van der Waals surface area contributed by atoms with Crippen molar-refractivity contribution in [1.82, 2.24) is 9.97 Å². The van der Waals surface area contributed by atoms with Gasteiger partial charge in [-0.15, -0.1) is 0 Å². The fourth-order valence-corrected chi connectivity index (χ4v) is 2.71. The van der Waals surface area contributed by atoms with Crippen molar-refractivity contribution in [1.29, 1.82) is 0 Å². The van der Waals surface area contributed by atoms with Gasteiger partial charge in [0.15, 0.2) is 5.16 Å². The summed E-state index contributed by atoms with van der Waals surface area (Å²) in [4.78, 5) is 9.82. The van der Waals surface area contributed by atoms with Crippen molar-refractivity contribution >= 4 is 35.0 Å². The van der Waals surface area contributed by atoms with E-state index in [0.29, 0.717) is 5.16 Å². The molecule has 2 aromatic carbocycles. The van der Waals surface area contributed by atoms with Gasteiger partial charge >= 0.3 is 0 Å². The van der Waals surface area contributed by atoms with Crippen LogP contribution in [0.2, 0.25) is 10.0 Å². The Morgan fingerprint density at radius 1 is 0.667 bits per heavy atom. The maximum absolute atomic E-state index is 5.88. The third-order valence-corrected chi connectivity index (χ3v) is 4.23. The summed E-state index contributed by atoms with van der Waals surface area (Å²) in [7, 11) is 0. The standard InChI is InChI=1S/C16H10Cl2N2S/c17-13-3-1-11(2-4-13)12-9-19-16(20-10-12)21-15-7-5-14(18)6-8-15/h1-10H. The van der Waals surface area contributed by atoms with Gasteiger partial charge in [0, 0.05) is 32.9 Å². The first kappa shape index (κ1) is 14.4. The lowest BCUT2D eigenvalue weighted by atomic mass is 10.1. The van der Waals surface area contributed by atoms with Gasteiger partial charge in [0.1, 0.15) is 0 Å². The minimum absolute atomic E-state index is 0.704. The number of aromatic nitrogens is 2. The van der Waals surface area contributed by atoms with Crippen molar-refractivity contribution in [3.8, 4) is 11.1 Å². The molecule has 104 valence electrons. The Balaban J connectivity index is 1.77. The maximum Gasteiger partial charge on any atom is 0.192 e. The lowest BCUT2D eigenvalue weighted by molar-refractivity contribution is 0.969. The molecule has 3 aromatic rings. The third-order valence-electron chi connectivity index (χ3n) is 2.83. The molecule has 0 aliphatic rings. The normalized spacial score (nSPS) is 10.6. The van der Waals surface area contributed by atoms with Crippen molar-refractivity contribution in [3.63, 3.8) is 0 Å². The van der Waals surface area contributed by atoms with Crippen LogP contribution in [0.15, 0.2) is 71.0 Å². The first-order valence-corrected chi connectivity index (χ1v) is 7.79. The van der Waals surface area contributed by atoms with Crippen molar-refractivity contribution < 1.29 is 0 Å². The second-order valence-corrected chi connectivity index (χ2v) is 6.23. The average molecular weight is 333 g/mol. The highest BCUT2D eigenvalue weighted by molar-refractivity contribution is 7.99. The van der Waals surface area contributed by atoms with Crippen LogP contribution in [-0.2, 0) is 0 Å². The molecule has 2 nitrogen and oxygen atoms in total. The summed E-state index contributed by atoms with van der Waals surface area (Å²) in [6.45, 7) is 0. The highest BCUT2D eigenvalue weighted by atomic mass is 35.5. The van der Waals surface area contributed by atoms with E-state index < -0.39 is 0 Å². The molecule has 0 bridgehead atoms. The molecule has 0 radical (unpaired) electrons. The van der Waals surface area contributed by atoms with Gasteiger partial charge in [0.2, 0.25) is 0 Å². The predicted molar refractivity (Wildman–Crippen MR) is 88.1 cm³/mol. The summed E-state index contributed by atoms with van der Waals surface area (Å²) in [5.74, 6) is 0. The van der Waals surface area contributed by atoms with E-state index >= 15 is 0 Å². The Hall–Kier alpha value is -1.55. The van der Waals surface area contributed by atoms with Crippen molar-refractivity contribution in [2.45, 2.75) is 10.1 Å². The van der Waals surface area contributed by atoms with Crippen molar-refractivity contribution in [2.24, 2.45) is 0 Å². The smallest absolute Gasteiger partial charge is 0.192 e. The third kappa shape index (κ3) is 3.76. The number of benzene rings is 2. The van der Waals surface area contributed by atoms with E-state index in [-0.39, 0.29) is 0 Å². The van der Waals surface area contributed by atoms with Crippen molar-refractivity contribution in [2.75, 3.05) is 0 Å². The number of hydrogen-bond acceptors (Lipinski definition) is 3. The minimum atomic E-state index is 0.704. The molecule has 0 N–H and O–H groups in total. The molecule has 0 spiro atoms. The van der Waals surface area contributed by atoms with E-state index in [2.05, 4.69) is 9.97 Å². The molecule has 1 aromatic heterocycles. The first-order valence-electron chi connectivity index (χ1n) is 6.22. The summed E-state index contributed by atoms with van der Waals surface area (Å²) in [6.07, 6.45) is 3.63. The van der Waals surface area contributed by atoms with Crippen LogP contribution in [0.3, 0.4) is 0 Å². The lowest BCUT2D eigenvalue weighted by Gasteiger charge is -2.03. The second-order valence-electron chi connectivity index (χ2n) is 4.32. The summed E-state index contributed by atoms with van der Waals surface area (Å²) >= 11 is 13.2. The van der Waals surface area contributed by atoms with Gasteiger partial charge in [-0.1, -0.05) is 35.3 Å². The second kappa shape index (κ2) is 6.48. The van der Waals surface area contributed by atoms with Crippen LogP contribution in [0.1, 0.15) is 0 Å². The van der Waals surface area contributed by atoms with E-state index in [1.54, 1.807) is 0 Å². The molecule has 0 atom stereocenters. The Kier molecular flexibility index (Phi) is 4.44. The zero-order chi connectivity index (χ0) is 14.7. The topological polar surface area (TPSA) is 25.8 Å². The minimum Gasteiger partial charge on any atom is -0.230 e. The molecule has 0 aliphatic heterocycles. The van der Waals surface area contributed by atoms with Crippen LogP contribution in [0.25, 0.3) is 11.1 Å². The molecule has 0 fully saturated rings. The SMILES string of the molecule is Clc1ccc(Sc2ncc(-c3ccc(Cl)cc3)cn2)cc1. The van der Waals surface area contributed by atoms with Gasteiger partial charge in [0.25, 0.3) is 0 Å². The molecule has 5 heteroatoms. The predicted octanol–water partition coefficient (Wildman–Crippen LogP) is 5.60. The fourth-order valence-electron chi connectivity index (χ4n) is 1.77. The molecular formula is C16H10Cl2N2S. The molecule has 0 unspecified atom stereocenters. The number of halogens is 2. The number of rotatable bonds is 3. The van der Waals surface area contributed by atoms with Crippen LogP contribution in [-0.4, -0.2) is 9.97 Å². The largest absolute Gasteiger partial charge is 0.230 e. The van der Waals surface area contributed by atoms with E-state index in [1.807, 2.05) is 60.9 Å². The van der Waals surface area contributed by atoms with E-state index in [4.69, 9.17) is 23.2 Å².